The van der Waals surface area contributed by atoms with E-state index in [2.05, 4.69) is 25.4 Å². The van der Waals surface area contributed by atoms with Gasteiger partial charge in [-0.1, -0.05) is 11.3 Å². The number of rotatable bonds is 3. The number of ether oxygens (including phenoxy) is 1. The molecular weight excluding hydrogens is 314 g/mol. The number of fused-ring (bicyclic) bond motifs is 1. The van der Waals surface area contributed by atoms with Crippen molar-refractivity contribution in [3.8, 4) is 0 Å². The first-order valence-electron chi connectivity index (χ1n) is 7.67. The van der Waals surface area contributed by atoms with E-state index in [9.17, 15) is 4.79 Å². The van der Waals surface area contributed by atoms with Gasteiger partial charge in [-0.2, -0.15) is 0 Å². The highest BCUT2D eigenvalue weighted by atomic mass is 32.1. The van der Waals surface area contributed by atoms with E-state index < -0.39 is 0 Å². The first kappa shape index (κ1) is 14.5. The van der Waals surface area contributed by atoms with Gasteiger partial charge >= 0.3 is 0 Å². The third kappa shape index (κ3) is 3.04. The number of pyridine rings is 1. The van der Waals surface area contributed by atoms with Crippen LogP contribution in [0.3, 0.4) is 0 Å². The van der Waals surface area contributed by atoms with Gasteiger partial charge < -0.3 is 15.0 Å². The van der Waals surface area contributed by atoms with E-state index in [1.807, 2.05) is 6.07 Å². The highest BCUT2D eigenvalue weighted by molar-refractivity contribution is 7.13. The number of hydrogen-bond donors (Lipinski definition) is 1. The van der Waals surface area contributed by atoms with Gasteiger partial charge in [0.25, 0.3) is 5.91 Å². The van der Waals surface area contributed by atoms with Crippen LogP contribution in [0.4, 0.5) is 10.8 Å². The fraction of sp³-hybridized carbons (Fsp3) is 0.467. The molecular formula is C15H17N5O2S. The van der Waals surface area contributed by atoms with Crippen molar-refractivity contribution in [1.29, 1.82) is 0 Å². The number of anilines is 2. The van der Waals surface area contributed by atoms with Crippen molar-refractivity contribution < 1.29 is 9.53 Å². The molecule has 0 saturated carbocycles. The van der Waals surface area contributed by atoms with E-state index >= 15 is 0 Å². The zero-order valence-corrected chi connectivity index (χ0v) is 13.3. The van der Waals surface area contributed by atoms with Crippen LogP contribution in [0.5, 0.6) is 0 Å². The minimum atomic E-state index is -0.389. The summed E-state index contributed by atoms with van der Waals surface area (Å²) in [7, 11) is 0. The van der Waals surface area contributed by atoms with E-state index in [1.165, 1.54) is 11.3 Å². The second kappa shape index (κ2) is 6.21. The molecule has 120 valence electrons. The van der Waals surface area contributed by atoms with Gasteiger partial charge in [-0.25, -0.2) is 0 Å². The quantitative estimate of drug-likeness (QED) is 0.919. The maximum atomic E-state index is 12.4. The van der Waals surface area contributed by atoms with Gasteiger partial charge in [-0.05, 0) is 30.9 Å². The SMILES string of the molecule is O=C(Nc1cccnc1)[C@@H]1C[C@H]2CCN(c3nncs3)C[C@@H]2O1. The molecule has 0 bridgehead atoms. The Kier molecular flexibility index (Phi) is 3.92. The highest BCUT2D eigenvalue weighted by Gasteiger charge is 2.42. The molecule has 2 aliphatic rings. The fourth-order valence-electron chi connectivity index (χ4n) is 3.24. The Morgan fingerprint density at radius 3 is 3.22 bits per heavy atom. The number of nitrogens with one attached hydrogen (secondary N) is 1. The lowest BCUT2D eigenvalue weighted by Crippen LogP contribution is -2.42. The summed E-state index contributed by atoms with van der Waals surface area (Å²) >= 11 is 1.53. The molecule has 4 heterocycles. The van der Waals surface area contributed by atoms with Crippen LogP contribution in [0.15, 0.2) is 30.0 Å². The highest BCUT2D eigenvalue weighted by Crippen LogP contribution is 2.35. The van der Waals surface area contributed by atoms with E-state index in [4.69, 9.17) is 4.74 Å². The topological polar surface area (TPSA) is 80.2 Å². The molecule has 0 aromatic carbocycles. The summed E-state index contributed by atoms with van der Waals surface area (Å²) in [5.74, 6) is 0.346. The van der Waals surface area contributed by atoms with Gasteiger partial charge in [-0.15, -0.1) is 10.2 Å². The van der Waals surface area contributed by atoms with Crippen molar-refractivity contribution in [1.82, 2.24) is 15.2 Å². The minimum absolute atomic E-state index is 0.0808. The summed E-state index contributed by atoms with van der Waals surface area (Å²) in [4.78, 5) is 18.6. The van der Waals surface area contributed by atoms with E-state index in [0.29, 0.717) is 11.6 Å². The van der Waals surface area contributed by atoms with Crippen LogP contribution in [0, 0.1) is 5.92 Å². The second-order valence-electron chi connectivity index (χ2n) is 5.85. The first-order valence-corrected chi connectivity index (χ1v) is 8.55. The molecule has 2 aliphatic heterocycles. The fourth-order valence-corrected chi connectivity index (χ4v) is 3.84. The van der Waals surface area contributed by atoms with Gasteiger partial charge in [0, 0.05) is 19.3 Å². The van der Waals surface area contributed by atoms with Gasteiger partial charge in [0.15, 0.2) is 0 Å². The predicted molar refractivity (Wildman–Crippen MR) is 86.4 cm³/mol. The molecule has 0 spiro atoms. The van der Waals surface area contributed by atoms with Gasteiger partial charge in [-0.3, -0.25) is 9.78 Å². The Hall–Kier alpha value is -2.06. The van der Waals surface area contributed by atoms with Crippen LogP contribution in [-0.2, 0) is 9.53 Å². The van der Waals surface area contributed by atoms with E-state index in [0.717, 1.165) is 31.1 Å². The van der Waals surface area contributed by atoms with Gasteiger partial charge in [0.2, 0.25) is 5.13 Å². The lowest BCUT2D eigenvalue weighted by Gasteiger charge is -2.33. The molecule has 3 atom stereocenters. The van der Waals surface area contributed by atoms with Crippen LogP contribution in [0.2, 0.25) is 0 Å². The summed E-state index contributed by atoms with van der Waals surface area (Å²) in [5.41, 5.74) is 2.44. The average molecular weight is 331 g/mol. The molecule has 23 heavy (non-hydrogen) atoms. The number of hydrogen-bond acceptors (Lipinski definition) is 7. The van der Waals surface area contributed by atoms with E-state index in [1.54, 1.807) is 24.0 Å². The number of amides is 1. The molecule has 8 heteroatoms. The zero-order chi connectivity index (χ0) is 15.6. The summed E-state index contributed by atoms with van der Waals surface area (Å²) in [5, 5.41) is 11.8. The zero-order valence-electron chi connectivity index (χ0n) is 12.5. The third-order valence-corrected chi connectivity index (χ3v) is 5.14. The lowest BCUT2D eigenvalue weighted by molar-refractivity contribution is -0.126. The van der Waals surface area contributed by atoms with Crippen molar-refractivity contribution >= 4 is 28.1 Å². The monoisotopic (exact) mass is 331 g/mol. The number of carbonyl (C=O) groups is 1. The van der Waals surface area contributed by atoms with Crippen LogP contribution in [0.25, 0.3) is 0 Å². The summed E-state index contributed by atoms with van der Waals surface area (Å²) in [6.45, 7) is 1.72. The average Bonchev–Trinajstić information content (AvgIpc) is 3.24. The second-order valence-corrected chi connectivity index (χ2v) is 6.66. The first-order chi connectivity index (χ1) is 11.3. The standard InChI is InChI=1S/C15H17N5O2S/c21-14(18-11-2-1-4-16-7-11)12-6-10-3-5-20(8-13(10)22-12)15-19-17-9-23-15/h1-2,4,7,9-10,12-13H,3,5-6,8H2,(H,18,21)/t10-,12+,13+/m1/s1. The molecule has 7 nitrogen and oxygen atoms in total. The number of piperidine rings is 1. The molecule has 2 aromatic heterocycles. The Morgan fingerprint density at radius 2 is 2.43 bits per heavy atom. The number of nitrogens with zero attached hydrogens (tertiary/aromatic N) is 4. The molecule has 1 N–H and O–H groups in total. The normalized spacial score (nSPS) is 26.8. The molecule has 0 unspecified atom stereocenters. The molecule has 1 amide bonds. The van der Waals surface area contributed by atoms with Crippen molar-refractivity contribution in [2.24, 2.45) is 5.92 Å². The van der Waals surface area contributed by atoms with Crippen molar-refractivity contribution in [3.63, 3.8) is 0 Å². The van der Waals surface area contributed by atoms with Crippen molar-refractivity contribution in [2.45, 2.75) is 25.0 Å². The molecule has 0 radical (unpaired) electrons. The van der Waals surface area contributed by atoms with Crippen LogP contribution in [-0.4, -0.2) is 46.4 Å². The summed E-state index contributed by atoms with van der Waals surface area (Å²) in [6.07, 6.45) is 4.80. The van der Waals surface area contributed by atoms with Crippen LogP contribution >= 0.6 is 11.3 Å². The molecule has 4 rings (SSSR count). The molecule has 2 fully saturated rings. The number of aromatic nitrogens is 3. The van der Waals surface area contributed by atoms with Crippen LogP contribution < -0.4 is 10.2 Å². The molecule has 0 aliphatic carbocycles. The van der Waals surface area contributed by atoms with Gasteiger partial charge in [0.05, 0.1) is 18.0 Å². The Labute approximate surface area is 137 Å². The van der Waals surface area contributed by atoms with Crippen molar-refractivity contribution in [2.75, 3.05) is 23.3 Å². The third-order valence-electron chi connectivity index (χ3n) is 4.39. The predicted octanol–water partition coefficient (Wildman–Crippen LogP) is 1.56. The maximum Gasteiger partial charge on any atom is 0.253 e. The smallest absolute Gasteiger partial charge is 0.253 e. The Bertz CT molecular complexity index is 666. The number of carbonyl (C=O) groups excluding carboxylic acids is 1. The Morgan fingerprint density at radius 1 is 1.48 bits per heavy atom. The minimum Gasteiger partial charge on any atom is -0.363 e. The van der Waals surface area contributed by atoms with Gasteiger partial charge in [0.1, 0.15) is 11.6 Å². The van der Waals surface area contributed by atoms with Crippen molar-refractivity contribution in [3.05, 3.63) is 30.0 Å². The largest absolute Gasteiger partial charge is 0.363 e. The molecule has 2 saturated heterocycles. The lowest BCUT2D eigenvalue weighted by atomic mass is 9.92. The Balaban J connectivity index is 1.38. The summed E-state index contributed by atoms with van der Waals surface area (Å²) < 4.78 is 6.01. The summed E-state index contributed by atoms with van der Waals surface area (Å²) in [6, 6.07) is 3.62. The molecule has 2 aromatic rings. The van der Waals surface area contributed by atoms with E-state index in [-0.39, 0.29) is 18.1 Å². The van der Waals surface area contributed by atoms with Crippen LogP contribution in [0.1, 0.15) is 12.8 Å². The maximum absolute atomic E-state index is 12.4.